The number of aryl methyl sites for hydroxylation is 3. The van der Waals surface area contributed by atoms with Gasteiger partial charge in [0.1, 0.15) is 0 Å². The molecule has 2 nitrogen and oxygen atoms in total. The molecule has 0 atom stereocenters. The predicted octanol–water partition coefficient (Wildman–Crippen LogP) is 5.07. The molecule has 0 bridgehead atoms. The second kappa shape index (κ2) is 6.86. The first-order valence-electron chi connectivity index (χ1n) is 8.29. The second-order valence-electron chi connectivity index (χ2n) is 6.42. The van der Waals surface area contributed by atoms with Crippen LogP contribution in [-0.4, -0.2) is 11.6 Å². The Morgan fingerprint density at radius 2 is 1.20 bits per heavy atom. The molecule has 25 heavy (non-hydrogen) atoms. The van der Waals surface area contributed by atoms with E-state index in [1.165, 1.54) is 0 Å². The summed E-state index contributed by atoms with van der Waals surface area (Å²) < 4.78 is 0. The molecule has 0 unspecified atom stereocenters. The zero-order valence-corrected chi connectivity index (χ0v) is 14.7. The van der Waals surface area contributed by atoms with E-state index in [-0.39, 0.29) is 11.6 Å². The maximum atomic E-state index is 12.7. The van der Waals surface area contributed by atoms with E-state index in [1.54, 1.807) is 24.3 Å². The Hall–Kier alpha value is -3.00. The first-order chi connectivity index (χ1) is 12.0. The highest BCUT2D eigenvalue weighted by molar-refractivity contribution is 6.12. The Labute approximate surface area is 148 Å². The molecule has 0 saturated carbocycles. The smallest absolute Gasteiger partial charge is 0.193 e. The van der Waals surface area contributed by atoms with Crippen LogP contribution in [0.15, 0.2) is 66.7 Å². The minimum atomic E-state index is -0.0329. The number of rotatable bonds is 4. The van der Waals surface area contributed by atoms with Gasteiger partial charge in [0.15, 0.2) is 11.6 Å². The molecular formula is C23H20O2. The van der Waals surface area contributed by atoms with Crippen molar-refractivity contribution in [1.29, 1.82) is 0 Å². The zero-order valence-electron chi connectivity index (χ0n) is 14.7. The fourth-order valence-electron chi connectivity index (χ4n) is 2.86. The molecule has 3 rings (SSSR count). The summed E-state index contributed by atoms with van der Waals surface area (Å²) in [7, 11) is 0. The van der Waals surface area contributed by atoms with Gasteiger partial charge in [-0.2, -0.15) is 0 Å². The lowest BCUT2D eigenvalue weighted by Crippen LogP contribution is -2.06. The van der Waals surface area contributed by atoms with Crippen LogP contribution in [0.4, 0.5) is 0 Å². The predicted molar refractivity (Wildman–Crippen MR) is 100 cm³/mol. The van der Waals surface area contributed by atoms with Crippen LogP contribution in [0, 0.1) is 20.8 Å². The molecule has 0 aliphatic carbocycles. The molecule has 3 aromatic rings. The lowest BCUT2D eigenvalue weighted by atomic mass is 9.95. The standard InChI is InChI=1S/C23H20O2/c1-15-5-4-6-20(13-15)22(24)18-9-11-19(12-10-18)23(25)21-14-16(2)7-8-17(21)3/h4-14H,1-3H3. The summed E-state index contributed by atoms with van der Waals surface area (Å²) in [6.07, 6.45) is 0. The molecule has 0 aliphatic rings. The third kappa shape index (κ3) is 3.58. The van der Waals surface area contributed by atoms with Crippen LogP contribution >= 0.6 is 0 Å². The van der Waals surface area contributed by atoms with Gasteiger partial charge in [-0.1, -0.05) is 65.7 Å². The van der Waals surface area contributed by atoms with Crippen LogP contribution in [0.2, 0.25) is 0 Å². The molecule has 0 heterocycles. The van der Waals surface area contributed by atoms with E-state index in [0.29, 0.717) is 22.3 Å². The maximum absolute atomic E-state index is 12.7. The van der Waals surface area contributed by atoms with Crippen molar-refractivity contribution >= 4 is 11.6 Å². The Kier molecular flexibility index (Phi) is 4.62. The Morgan fingerprint density at radius 3 is 1.84 bits per heavy atom. The topological polar surface area (TPSA) is 34.1 Å². The molecule has 124 valence electrons. The van der Waals surface area contributed by atoms with Gasteiger partial charge in [-0.3, -0.25) is 9.59 Å². The van der Waals surface area contributed by atoms with Crippen molar-refractivity contribution in [3.05, 3.63) is 106 Å². The fourth-order valence-corrected chi connectivity index (χ4v) is 2.86. The van der Waals surface area contributed by atoms with Gasteiger partial charge in [0.25, 0.3) is 0 Å². The molecule has 2 heteroatoms. The van der Waals surface area contributed by atoms with Crippen molar-refractivity contribution in [1.82, 2.24) is 0 Å². The number of carbonyl (C=O) groups is 2. The first-order valence-corrected chi connectivity index (χ1v) is 8.29. The van der Waals surface area contributed by atoms with E-state index < -0.39 is 0 Å². The van der Waals surface area contributed by atoms with Crippen LogP contribution in [-0.2, 0) is 0 Å². The molecule has 0 saturated heterocycles. The highest BCUT2D eigenvalue weighted by Crippen LogP contribution is 2.18. The summed E-state index contributed by atoms with van der Waals surface area (Å²) in [5.74, 6) is -0.0508. The van der Waals surface area contributed by atoms with Crippen LogP contribution in [0.3, 0.4) is 0 Å². The fraction of sp³-hybridized carbons (Fsp3) is 0.130. The lowest BCUT2D eigenvalue weighted by Gasteiger charge is -2.07. The van der Waals surface area contributed by atoms with Crippen molar-refractivity contribution in [2.45, 2.75) is 20.8 Å². The van der Waals surface area contributed by atoms with Crippen LogP contribution in [0.5, 0.6) is 0 Å². The van der Waals surface area contributed by atoms with Crippen LogP contribution < -0.4 is 0 Å². The second-order valence-corrected chi connectivity index (χ2v) is 6.42. The summed E-state index contributed by atoms with van der Waals surface area (Å²) in [6.45, 7) is 5.87. The molecule has 0 aromatic heterocycles. The minimum absolute atomic E-state index is 0.0178. The highest BCUT2D eigenvalue weighted by atomic mass is 16.1. The van der Waals surface area contributed by atoms with Gasteiger partial charge >= 0.3 is 0 Å². The largest absolute Gasteiger partial charge is 0.289 e. The van der Waals surface area contributed by atoms with Gasteiger partial charge in [-0.05, 0) is 38.5 Å². The molecule has 0 N–H and O–H groups in total. The number of carbonyl (C=O) groups excluding carboxylic acids is 2. The van der Waals surface area contributed by atoms with Gasteiger partial charge in [-0.15, -0.1) is 0 Å². The Morgan fingerprint density at radius 1 is 0.600 bits per heavy atom. The van der Waals surface area contributed by atoms with Crippen LogP contribution in [0.1, 0.15) is 48.5 Å². The summed E-state index contributed by atoms with van der Waals surface area (Å²) in [4.78, 5) is 25.3. The third-order valence-corrected chi connectivity index (χ3v) is 4.33. The van der Waals surface area contributed by atoms with E-state index in [4.69, 9.17) is 0 Å². The average molecular weight is 328 g/mol. The van der Waals surface area contributed by atoms with Crippen molar-refractivity contribution in [3.63, 3.8) is 0 Å². The highest BCUT2D eigenvalue weighted by Gasteiger charge is 2.14. The molecule has 0 fully saturated rings. The molecule has 0 radical (unpaired) electrons. The molecule has 3 aromatic carbocycles. The zero-order chi connectivity index (χ0) is 18.0. The van der Waals surface area contributed by atoms with E-state index in [1.807, 2.05) is 63.2 Å². The van der Waals surface area contributed by atoms with E-state index in [9.17, 15) is 9.59 Å². The SMILES string of the molecule is Cc1cccc(C(=O)c2ccc(C(=O)c3cc(C)ccc3C)cc2)c1. The summed E-state index contributed by atoms with van der Waals surface area (Å²) in [6, 6.07) is 20.3. The van der Waals surface area contributed by atoms with E-state index in [0.717, 1.165) is 16.7 Å². The number of ketones is 2. The molecule has 0 aliphatic heterocycles. The molecular weight excluding hydrogens is 308 g/mol. The summed E-state index contributed by atoms with van der Waals surface area (Å²) in [5, 5.41) is 0. The van der Waals surface area contributed by atoms with Gasteiger partial charge in [-0.25, -0.2) is 0 Å². The van der Waals surface area contributed by atoms with E-state index >= 15 is 0 Å². The van der Waals surface area contributed by atoms with Crippen molar-refractivity contribution in [3.8, 4) is 0 Å². The van der Waals surface area contributed by atoms with Gasteiger partial charge < -0.3 is 0 Å². The Bertz CT molecular complexity index is 950. The number of hydrogen-bond donors (Lipinski definition) is 0. The van der Waals surface area contributed by atoms with E-state index in [2.05, 4.69) is 0 Å². The molecule has 0 amide bonds. The normalized spacial score (nSPS) is 10.5. The monoisotopic (exact) mass is 328 g/mol. The number of hydrogen-bond acceptors (Lipinski definition) is 2. The lowest BCUT2D eigenvalue weighted by molar-refractivity contribution is 0.102. The summed E-state index contributed by atoms with van der Waals surface area (Å²) >= 11 is 0. The van der Waals surface area contributed by atoms with Crippen LogP contribution in [0.25, 0.3) is 0 Å². The van der Waals surface area contributed by atoms with Crippen molar-refractivity contribution in [2.24, 2.45) is 0 Å². The first kappa shape index (κ1) is 16.8. The maximum Gasteiger partial charge on any atom is 0.193 e. The third-order valence-electron chi connectivity index (χ3n) is 4.33. The van der Waals surface area contributed by atoms with Gasteiger partial charge in [0.05, 0.1) is 0 Å². The quantitative estimate of drug-likeness (QED) is 0.626. The number of benzene rings is 3. The minimum Gasteiger partial charge on any atom is -0.289 e. The Balaban J connectivity index is 1.88. The van der Waals surface area contributed by atoms with Crippen molar-refractivity contribution < 1.29 is 9.59 Å². The van der Waals surface area contributed by atoms with Gasteiger partial charge in [0, 0.05) is 22.3 Å². The summed E-state index contributed by atoms with van der Waals surface area (Å²) in [5.41, 5.74) is 5.60. The molecule has 0 spiro atoms. The van der Waals surface area contributed by atoms with Crippen molar-refractivity contribution in [2.75, 3.05) is 0 Å². The van der Waals surface area contributed by atoms with Gasteiger partial charge in [0.2, 0.25) is 0 Å². The average Bonchev–Trinajstić information content (AvgIpc) is 2.62.